The van der Waals surface area contributed by atoms with Crippen LogP contribution < -0.4 is 9.47 Å². The summed E-state index contributed by atoms with van der Waals surface area (Å²) in [4.78, 5) is 28.5. The highest BCUT2D eigenvalue weighted by molar-refractivity contribution is 6.33. The van der Waals surface area contributed by atoms with Crippen molar-refractivity contribution in [1.82, 2.24) is 9.80 Å². The summed E-state index contributed by atoms with van der Waals surface area (Å²) < 4.78 is 15.8. The highest BCUT2D eigenvalue weighted by atomic mass is 35.5. The number of cyclic esters (lactones) is 1. The maximum Gasteiger partial charge on any atom is 0.410 e. The first-order chi connectivity index (χ1) is 14.4. The molecule has 0 saturated carbocycles. The molecule has 0 bridgehead atoms. The van der Waals surface area contributed by atoms with Crippen molar-refractivity contribution in [2.45, 2.75) is 38.8 Å². The first-order valence-corrected chi connectivity index (χ1v) is 10.6. The SMILES string of the molecule is COc1ccc(C=CC(=O)N2CCC(N3C(=O)OCC3C(C)C)CC2)c(Cl)c1OC. The lowest BCUT2D eigenvalue weighted by atomic mass is 9.97. The van der Waals surface area contributed by atoms with Gasteiger partial charge in [-0.2, -0.15) is 0 Å². The van der Waals surface area contributed by atoms with Crippen molar-refractivity contribution in [2.24, 2.45) is 5.92 Å². The van der Waals surface area contributed by atoms with Crippen LogP contribution in [0.1, 0.15) is 32.3 Å². The highest BCUT2D eigenvalue weighted by Gasteiger charge is 2.40. The lowest BCUT2D eigenvalue weighted by Crippen LogP contribution is -2.50. The molecule has 2 aliphatic rings. The number of hydrogen-bond acceptors (Lipinski definition) is 5. The fourth-order valence-corrected chi connectivity index (χ4v) is 4.34. The normalized spacial score (nSPS) is 20.2. The minimum Gasteiger partial charge on any atom is -0.493 e. The highest BCUT2D eigenvalue weighted by Crippen LogP contribution is 2.37. The number of halogens is 1. The number of benzene rings is 1. The van der Waals surface area contributed by atoms with E-state index in [9.17, 15) is 9.59 Å². The molecule has 1 atom stereocenters. The zero-order chi connectivity index (χ0) is 21.8. The minimum absolute atomic E-state index is 0.0799. The average molecular weight is 437 g/mol. The van der Waals surface area contributed by atoms with Crippen molar-refractivity contribution >= 4 is 29.7 Å². The van der Waals surface area contributed by atoms with Gasteiger partial charge in [-0.25, -0.2) is 4.79 Å². The second kappa shape index (κ2) is 9.60. The van der Waals surface area contributed by atoms with Crippen LogP contribution in [0.4, 0.5) is 4.79 Å². The van der Waals surface area contributed by atoms with Gasteiger partial charge in [0, 0.05) is 25.2 Å². The van der Waals surface area contributed by atoms with Crippen LogP contribution in [0.3, 0.4) is 0 Å². The van der Waals surface area contributed by atoms with Gasteiger partial charge in [0.2, 0.25) is 5.91 Å². The summed E-state index contributed by atoms with van der Waals surface area (Å²) in [7, 11) is 3.06. The van der Waals surface area contributed by atoms with Crippen molar-refractivity contribution in [1.29, 1.82) is 0 Å². The number of likely N-dealkylation sites (tertiary alicyclic amines) is 1. The first kappa shape index (κ1) is 22.3. The van der Waals surface area contributed by atoms with Gasteiger partial charge in [-0.1, -0.05) is 25.4 Å². The summed E-state index contributed by atoms with van der Waals surface area (Å²) in [6, 6.07) is 3.75. The van der Waals surface area contributed by atoms with Gasteiger partial charge in [0.1, 0.15) is 6.61 Å². The van der Waals surface area contributed by atoms with Gasteiger partial charge in [-0.05, 0) is 42.5 Å². The van der Waals surface area contributed by atoms with Gasteiger partial charge >= 0.3 is 6.09 Å². The van der Waals surface area contributed by atoms with E-state index in [2.05, 4.69) is 13.8 Å². The second-order valence-corrected chi connectivity index (χ2v) is 8.27. The molecule has 0 aliphatic carbocycles. The molecule has 2 heterocycles. The number of methoxy groups -OCH3 is 2. The Balaban J connectivity index is 1.61. The first-order valence-electron chi connectivity index (χ1n) is 10.2. The summed E-state index contributed by atoms with van der Waals surface area (Å²) in [6.07, 6.45) is 4.46. The Hall–Kier alpha value is -2.41. The number of amides is 2. The van der Waals surface area contributed by atoms with Crippen molar-refractivity contribution in [3.8, 4) is 11.5 Å². The Morgan fingerprint density at radius 3 is 2.53 bits per heavy atom. The molecule has 164 valence electrons. The standard InChI is InChI=1S/C22H29ClN2O5/c1-14(2)17-13-30-22(27)25(17)16-9-11-24(12-10-16)19(26)8-6-15-5-7-18(28-3)21(29-4)20(15)23/h5-8,14,16-17H,9-13H2,1-4H3. The van der Waals surface area contributed by atoms with Crippen molar-refractivity contribution in [3.63, 3.8) is 0 Å². The van der Waals surface area contributed by atoms with E-state index >= 15 is 0 Å². The Morgan fingerprint density at radius 1 is 1.23 bits per heavy atom. The fraction of sp³-hybridized carbons (Fsp3) is 0.545. The number of nitrogens with zero attached hydrogens (tertiary/aromatic N) is 2. The molecule has 1 aromatic carbocycles. The van der Waals surface area contributed by atoms with Crippen LogP contribution >= 0.6 is 11.6 Å². The number of ether oxygens (including phenoxy) is 3. The average Bonchev–Trinajstić information content (AvgIpc) is 3.14. The minimum atomic E-state index is -0.235. The largest absolute Gasteiger partial charge is 0.493 e. The Bertz CT molecular complexity index is 818. The summed E-state index contributed by atoms with van der Waals surface area (Å²) in [5.74, 6) is 1.23. The van der Waals surface area contributed by atoms with E-state index < -0.39 is 0 Å². The predicted molar refractivity (Wildman–Crippen MR) is 115 cm³/mol. The predicted octanol–water partition coefficient (Wildman–Crippen LogP) is 3.84. The molecular weight excluding hydrogens is 408 g/mol. The molecule has 2 saturated heterocycles. The van der Waals surface area contributed by atoms with E-state index in [0.29, 0.717) is 47.7 Å². The van der Waals surface area contributed by atoms with Gasteiger partial charge in [0.25, 0.3) is 0 Å². The van der Waals surface area contributed by atoms with Gasteiger partial charge in [-0.3, -0.25) is 9.69 Å². The third kappa shape index (κ3) is 4.51. The van der Waals surface area contributed by atoms with Crippen LogP contribution in [0.25, 0.3) is 6.08 Å². The van der Waals surface area contributed by atoms with E-state index in [4.69, 9.17) is 25.8 Å². The monoisotopic (exact) mass is 436 g/mol. The summed E-state index contributed by atoms with van der Waals surface area (Å²) >= 11 is 6.38. The molecule has 2 amide bonds. The number of piperidine rings is 1. The lowest BCUT2D eigenvalue weighted by Gasteiger charge is -2.38. The maximum absolute atomic E-state index is 12.7. The van der Waals surface area contributed by atoms with Crippen molar-refractivity contribution < 1.29 is 23.8 Å². The van der Waals surface area contributed by atoms with E-state index in [1.54, 1.807) is 30.2 Å². The molecule has 30 heavy (non-hydrogen) atoms. The maximum atomic E-state index is 12.7. The van der Waals surface area contributed by atoms with E-state index in [1.807, 2.05) is 4.90 Å². The number of carbonyl (C=O) groups is 2. The summed E-state index contributed by atoms with van der Waals surface area (Å²) in [6.45, 7) is 5.85. The van der Waals surface area contributed by atoms with Gasteiger partial charge in [0.15, 0.2) is 11.5 Å². The molecule has 1 aromatic rings. The third-order valence-corrected chi connectivity index (χ3v) is 6.20. The molecule has 2 fully saturated rings. The Kier molecular flexibility index (Phi) is 7.13. The van der Waals surface area contributed by atoms with E-state index in [1.165, 1.54) is 13.2 Å². The number of carbonyl (C=O) groups excluding carboxylic acids is 2. The topological polar surface area (TPSA) is 68.3 Å². The fourth-order valence-electron chi connectivity index (χ4n) is 4.04. The molecule has 0 N–H and O–H groups in total. The van der Waals surface area contributed by atoms with Crippen LogP contribution in [-0.2, 0) is 9.53 Å². The van der Waals surface area contributed by atoms with Crippen LogP contribution in [0.15, 0.2) is 18.2 Å². The van der Waals surface area contributed by atoms with Gasteiger partial charge in [0.05, 0.1) is 25.3 Å². The number of rotatable bonds is 6. The molecule has 0 aromatic heterocycles. The Labute approximate surface area is 182 Å². The summed E-state index contributed by atoms with van der Waals surface area (Å²) in [5.41, 5.74) is 0.678. The van der Waals surface area contributed by atoms with E-state index in [0.717, 1.165) is 12.8 Å². The third-order valence-electron chi connectivity index (χ3n) is 5.81. The summed E-state index contributed by atoms with van der Waals surface area (Å²) in [5, 5.41) is 0.395. The smallest absolute Gasteiger partial charge is 0.410 e. The lowest BCUT2D eigenvalue weighted by molar-refractivity contribution is -0.127. The Morgan fingerprint density at radius 2 is 1.93 bits per heavy atom. The number of hydrogen-bond donors (Lipinski definition) is 0. The van der Waals surface area contributed by atoms with Crippen LogP contribution in [0, 0.1) is 5.92 Å². The molecule has 0 radical (unpaired) electrons. The zero-order valence-corrected chi connectivity index (χ0v) is 18.6. The zero-order valence-electron chi connectivity index (χ0n) is 17.9. The second-order valence-electron chi connectivity index (χ2n) is 7.89. The van der Waals surface area contributed by atoms with Crippen LogP contribution in [0.5, 0.6) is 11.5 Å². The van der Waals surface area contributed by atoms with E-state index in [-0.39, 0.29) is 24.1 Å². The van der Waals surface area contributed by atoms with Gasteiger partial charge < -0.3 is 19.1 Å². The molecule has 7 nitrogen and oxygen atoms in total. The molecule has 8 heteroatoms. The van der Waals surface area contributed by atoms with Crippen molar-refractivity contribution in [3.05, 3.63) is 28.8 Å². The van der Waals surface area contributed by atoms with Crippen molar-refractivity contribution in [2.75, 3.05) is 33.9 Å². The molecule has 1 unspecified atom stereocenters. The molecule has 3 rings (SSSR count). The molecule has 2 aliphatic heterocycles. The molecular formula is C22H29ClN2O5. The quantitative estimate of drug-likeness (QED) is 0.634. The van der Waals surface area contributed by atoms with Crippen LogP contribution in [-0.4, -0.2) is 67.8 Å². The van der Waals surface area contributed by atoms with Crippen LogP contribution in [0.2, 0.25) is 5.02 Å². The molecule has 0 spiro atoms. The van der Waals surface area contributed by atoms with Gasteiger partial charge in [-0.15, -0.1) is 0 Å².